The van der Waals surface area contributed by atoms with Crippen molar-refractivity contribution >= 4 is 17.7 Å². The van der Waals surface area contributed by atoms with Crippen LogP contribution >= 0.6 is 0 Å². The third kappa shape index (κ3) is 5.75. The lowest BCUT2D eigenvalue weighted by molar-refractivity contribution is -0.118. The first-order valence-electron chi connectivity index (χ1n) is 12.0. The highest BCUT2D eigenvalue weighted by Crippen LogP contribution is 2.29. The van der Waals surface area contributed by atoms with Gasteiger partial charge in [-0.2, -0.15) is 0 Å². The molecular weight excluding hydrogens is 408 g/mol. The predicted octanol–water partition coefficient (Wildman–Crippen LogP) is 7.03. The van der Waals surface area contributed by atoms with Gasteiger partial charge in [-0.25, -0.2) is 0 Å². The molecule has 0 bridgehead atoms. The van der Waals surface area contributed by atoms with Crippen LogP contribution in [-0.4, -0.2) is 11.9 Å². The zero-order valence-electron chi connectivity index (χ0n) is 19.9. The van der Waals surface area contributed by atoms with Gasteiger partial charge in [0.1, 0.15) is 5.76 Å². The largest absolute Gasteiger partial charge is 0.467 e. The van der Waals surface area contributed by atoms with E-state index < -0.39 is 0 Å². The maximum absolute atomic E-state index is 12.8. The van der Waals surface area contributed by atoms with Crippen LogP contribution in [0.2, 0.25) is 0 Å². The van der Waals surface area contributed by atoms with E-state index in [0.29, 0.717) is 12.6 Å². The summed E-state index contributed by atoms with van der Waals surface area (Å²) in [5, 5.41) is 6.61. The van der Waals surface area contributed by atoms with Crippen molar-refractivity contribution in [2.45, 2.75) is 65.5 Å². The van der Waals surface area contributed by atoms with Gasteiger partial charge >= 0.3 is 0 Å². The molecule has 3 aromatic rings. The molecule has 1 aromatic heterocycles. The highest BCUT2D eigenvalue weighted by Gasteiger charge is 2.19. The van der Waals surface area contributed by atoms with E-state index in [0.717, 1.165) is 41.8 Å². The van der Waals surface area contributed by atoms with E-state index in [1.165, 1.54) is 35.1 Å². The van der Waals surface area contributed by atoms with Crippen molar-refractivity contribution in [2.75, 3.05) is 5.32 Å². The molecule has 33 heavy (non-hydrogen) atoms. The molecule has 0 unspecified atom stereocenters. The Morgan fingerprint density at radius 2 is 1.82 bits per heavy atom. The van der Waals surface area contributed by atoms with Crippen molar-refractivity contribution in [3.63, 3.8) is 0 Å². The van der Waals surface area contributed by atoms with Crippen molar-refractivity contribution in [3.8, 4) is 11.1 Å². The quantitative estimate of drug-likeness (QED) is 0.368. The summed E-state index contributed by atoms with van der Waals surface area (Å²) in [4.78, 5) is 12.8. The van der Waals surface area contributed by atoms with Gasteiger partial charge in [-0.1, -0.05) is 44.0 Å². The number of rotatable bonds is 8. The number of benzene rings is 2. The number of carbonyl (C=O) groups excluding carboxylic acids is 1. The summed E-state index contributed by atoms with van der Waals surface area (Å²) in [6.45, 7) is 6.98. The van der Waals surface area contributed by atoms with Crippen molar-refractivity contribution in [2.24, 2.45) is 0 Å². The number of aryl methyl sites for hydroxylation is 2. The maximum atomic E-state index is 12.8. The topological polar surface area (TPSA) is 54.3 Å². The van der Waals surface area contributed by atoms with Gasteiger partial charge in [0.2, 0.25) is 5.91 Å². The number of anilines is 1. The van der Waals surface area contributed by atoms with Crippen LogP contribution in [-0.2, 0) is 11.3 Å². The third-order valence-corrected chi connectivity index (χ3v) is 6.55. The standard InChI is InChI=1S/C29H34N2O2/c1-4-22(29(32)31-26-8-5-6-9-26)18-24-16-21(3)28(17-20(24)2)23-11-13-25(14-12-23)30-19-27-10-7-15-33-27/h7,10-18,26,30H,4-6,8-9,19H2,1-3H3,(H,31,32). The summed E-state index contributed by atoms with van der Waals surface area (Å²) in [7, 11) is 0. The SMILES string of the molecule is CCC(=Cc1cc(C)c(-c2ccc(NCc3ccco3)cc2)cc1C)C(=O)NC1CCCC1. The first kappa shape index (κ1) is 22.9. The van der Waals surface area contributed by atoms with Gasteiger partial charge in [-0.15, -0.1) is 0 Å². The van der Waals surface area contributed by atoms with Gasteiger partial charge in [0.05, 0.1) is 12.8 Å². The fraction of sp³-hybridized carbons (Fsp3) is 0.345. The molecule has 1 amide bonds. The van der Waals surface area contributed by atoms with Crippen molar-refractivity contribution < 1.29 is 9.21 Å². The number of furan rings is 1. The first-order valence-corrected chi connectivity index (χ1v) is 12.0. The van der Waals surface area contributed by atoms with Crippen LogP contribution in [0.1, 0.15) is 61.5 Å². The number of carbonyl (C=O) groups is 1. The van der Waals surface area contributed by atoms with Gasteiger partial charge in [0.15, 0.2) is 0 Å². The Morgan fingerprint density at radius 1 is 1.06 bits per heavy atom. The molecule has 0 spiro atoms. The zero-order valence-corrected chi connectivity index (χ0v) is 19.9. The van der Waals surface area contributed by atoms with E-state index in [1.54, 1.807) is 6.26 Å². The molecule has 0 radical (unpaired) electrons. The zero-order chi connectivity index (χ0) is 23.2. The summed E-state index contributed by atoms with van der Waals surface area (Å²) in [5.74, 6) is 1.00. The number of hydrogen-bond acceptors (Lipinski definition) is 3. The van der Waals surface area contributed by atoms with Gasteiger partial charge < -0.3 is 15.1 Å². The molecule has 4 nitrogen and oxygen atoms in total. The van der Waals surface area contributed by atoms with Crippen LogP contribution in [0, 0.1) is 13.8 Å². The molecule has 1 saturated carbocycles. The maximum Gasteiger partial charge on any atom is 0.247 e. The number of nitrogens with one attached hydrogen (secondary N) is 2. The second kappa shape index (κ2) is 10.6. The van der Waals surface area contributed by atoms with E-state index >= 15 is 0 Å². The Hall–Kier alpha value is -3.27. The van der Waals surface area contributed by atoms with Crippen molar-refractivity contribution in [1.82, 2.24) is 5.32 Å². The predicted molar refractivity (Wildman–Crippen MR) is 136 cm³/mol. The molecule has 2 N–H and O–H groups in total. The Labute approximate surface area is 197 Å². The van der Waals surface area contributed by atoms with E-state index in [4.69, 9.17) is 4.42 Å². The first-order chi connectivity index (χ1) is 16.0. The van der Waals surface area contributed by atoms with Gasteiger partial charge in [-0.3, -0.25) is 4.79 Å². The monoisotopic (exact) mass is 442 g/mol. The van der Waals surface area contributed by atoms with Crippen LogP contribution in [0.3, 0.4) is 0 Å². The number of hydrogen-bond donors (Lipinski definition) is 2. The smallest absolute Gasteiger partial charge is 0.247 e. The average Bonchev–Trinajstić information content (AvgIpc) is 3.52. The second-order valence-electron chi connectivity index (χ2n) is 9.01. The highest BCUT2D eigenvalue weighted by atomic mass is 16.3. The summed E-state index contributed by atoms with van der Waals surface area (Å²) in [6, 6.07) is 17.1. The van der Waals surface area contributed by atoms with E-state index in [1.807, 2.05) is 12.1 Å². The van der Waals surface area contributed by atoms with Gasteiger partial charge in [0, 0.05) is 17.3 Å². The van der Waals surface area contributed by atoms with Crippen molar-refractivity contribution in [1.29, 1.82) is 0 Å². The van der Waals surface area contributed by atoms with Crippen molar-refractivity contribution in [3.05, 3.63) is 82.8 Å². The molecule has 0 atom stereocenters. The highest BCUT2D eigenvalue weighted by molar-refractivity contribution is 5.98. The average molecular weight is 443 g/mol. The Morgan fingerprint density at radius 3 is 2.48 bits per heavy atom. The molecule has 0 aliphatic heterocycles. The summed E-state index contributed by atoms with van der Waals surface area (Å²) in [6.07, 6.45) is 9.13. The molecule has 4 rings (SSSR count). The number of amides is 1. The van der Waals surface area contributed by atoms with Gasteiger partial charge in [-0.05, 0) is 91.3 Å². The van der Waals surface area contributed by atoms with E-state index in [2.05, 4.69) is 73.9 Å². The molecule has 1 aliphatic carbocycles. The normalized spacial score (nSPS) is 14.5. The molecule has 0 saturated heterocycles. The Bertz CT molecular complexity index is 1110. The lowest BCUT2D eigenvalue weighted by atomic mass is 9.93. The molecule has 1 aliphatic rings. The Kier molecular flexibility index (Phi) is 7.33. The van der Waals surface area contributed by atoms with Crippen LogP contribution in [0.15, 0.2) is 64.8 Å². The van der Waals surface area contributed by atoms with Crippen LogP contribution < -0.4 is 10.6 Å². The minimum Gasteiger partial charge on any atom is -0.467 e. The fourth-order valence-electron chi connectivity index (χ4n) is 4.54. The second-order valence-corrected chi connectivity index (χ2v) is 9.01. The Balaban J connectivity index is 1.49. The minimum absolute atomic E-state index is 0.0863. The summed E-state index contributed by atoms with van der Waals surface area (Å²) >= 11 is 0. The van der Waals surface area contributed by atoms with E-state index in [9.17, 15) is 4.79 Å². The summed E-state index contributed by atoms with van der Waals surface area (Å²) in [5.41, 5.74) is 7.81. The van der Waals surface area contributed by atoms with E-state index in [-0.39, 0.29) is 5.91 Å². The molecule has 1 heterocycles. The van der Waals surface area contributed by atoms with Gasteiger partial charge in [0.25, 0.3) is 0 Å². The molecule has 1 fully saturated rings. The van der Waals surface area contributed by atoms with Crippen LogP contribution in [0.4, 0.5) is 5.69 Å². The molecular formula is C29H34N2O2. The van der Waals surface area contributed by atoms with Crippen LogP contribution in [0.25, 0.3) is 17.2 Å². The molecule has 2 aromatic carbocycles. The fourth-order valence-corrected chi connectivity index (χ4v) is 4.54. The summed E-state index contributed by atoms with van der Waals surface area (Å²) < 4.78 is 5.38. The van der Waals surface area contributed by atoms with Crippen LogP contribution in [0.5, 0.6) is 0 Å². The lowest BCUT2D eigenvalue weighted by Crippen LogP contribution is -2.33. The molecule has 172 valence electrons. The molecule has 4 heteroatoms. The minimum atomic E-state index is 0.0863. The third-order valence-electron chi connectivity index (χ3n) is 6.55. The lowest BCUT2D eigenvalue weighted by Gasteiger charge is -2.15.